The first-order chi connectivity index (χ1) is 51.3. The lowest BCUT2D eigenvalue weighted by molar-refractivity contribution is 0.660. The minimum Gasteiger partial charge on any atom is -0.456 e. The third-order valence-corrected chi connectivity index (χ3v) is 23.5. The highest BCUT2D eigenvalue weighted by Crippen LogP contribution is 2.55. The molecule has 0 radical (unpaired) electrons. The van der Waals surface area contributed by atoms with Crippen LogP contribution < -0.4 is 16.0 Å². The van der Waals surface area contributed by atoms with Crippen LogP contribution in [0.1, 0.15) is 74.9 Å². The second kappa shape index (κ2) is 24.9. The van der Waals surface area contributed by atoms with Crippen LogP contribution in [0, 0.1) is 0 Å². The number of hydrogen-bond acceptors (Lipinski definition) is 6. The van der Waals surface area contributed by atoms with Crippen molar-refractivity contribution in [3.05, 3.63) is 361 Å². The van der Waals surface area contributed by atoms with Crippen molar-refractivity contribution in [2.45, 2.75) is 57.8 Å². The molecule has 0 bridgehead atoms. The second-order valence-electron chi connectivity index (χ2n) is 29.6. The molecule has 0 unspecified atom stereocenters. The van der Waals surface area contributed by atoms with Crippen molar-refractivity contribution in [2.75, 3.05) is 16.0 Å². The molecule has 504 valence electrons. The predicted octanol–water partition coefficient (Wildman–Crippen LogP) is 28.4. The first-order valence-electron chi connectivity index (χ1n) is 36.4. The van der Waals surface area contributed by atoms with Gasteiger partial charge >= 0.3 is 0 Å². The fraction of sp³-hybridized carbons (Fsp3) is 0.0909. The van der Waals surface area contributed by atoms with Crippen molar-refractivity contribution in [2.24, 2.45) is 0 Å². The largest absolute Gasteiger partial charge is 0.456 e. The first-order valence-corrected chi connectivity index (χ1v) is 37.2. The lowest BCUT2D eigenvalue weighted by Crippen LogP contribution is -2.16. The molecule has 105 heavy (non-hydrogen) atoms. The Morgan fingerprint density at radius 3 is 1.21 bits per heavy atom. The number of para-hydroxylation sites is 4. The predicted molar refractivity (Wildman–Crippen MR) is 445 cm³/mol. The summed E-state index contributed by atoms with van der Waals surface area (Å²) in [7, 11) is 0. The normalized spacial score (nSPS) is 13.7. The average Bonchev–Trinajstić information content (AvgIpc) is 1.53. The molecule has 3 N–H and O–H groups in total. The van der Waals surface area contributed by atoms with E-state index in [-0.39, 0.29) is 16.2 Å². The van der Waals surface area contributed by atoms with Crippen molar-refractivity contribution in [3.8, 4) is 66.8 Å². The van der Waals surface area contributed by atoms with Crippen LogP contribution in [0.4, 0.5) is 34.1 Å². The fourth-order valence-electron chi connectivity index (χ4n) is 17.4. The minimum absolute atomic E-state index is 0.00960. The molecule has 3 heterocycles. The number of benzene rings is 15. The molecule has 6 heteroatoms. The monoisotopic (exact) mass is 1370 g/mol. The number of nitrogens with one attached hydrogen (secondary N) is 3. The second-order valence-corrected chi connectivity index (χ2v) is 30.7. The zero-order valence-electron chi connectivity index (χ0n) is 59.4. The number of rotatable bonds is 9. The van der Waals surface area contributed by atoms with Crippen LogP contribution >= 0.6 is 11.3 Å². The highest BCUT2D eigenvalue weighted by Gasteiger charge is 2.39. The van der Waals surface area contributed by atoms with Gasteiger partial charge in [-0.05, 0) is 180 Å². The van der Waals surface area contributed by atoms with E-state index in [0.29, 0.717) is 0 Å². The van der Waals surface area contributed by atoms with Gasteiger partial charge in [0.05, 0.1) is 11.1 Å². The smallest absolute Gasteiger partial charge is 0.137 e. The van der Waals surface area contributed by atoms with Crippen molar-refractivity contribution in [3.63, 3.8) is 0 Å². The van der Waals surface area contributed by atoms with Crippen molar-refractivity contribution >= 4 is 110 Å². The van der Waals surface area contributed by atoms with E-state index in [1.807, 2.05) is 47.7 Å². The van der Waals surface area contributed by atoms with E-state index in [0.717, 1.165) is 83.6 Å². The SMILES string of the molecule is CC1(C)c2cc(Nc3cccc4oc5ccccc5c34)ccc2-c2cccc(-c3ccccc3)c21.CC1(C)c2ccccc2-c2ccc(Nc3ccccc3-c3cccc4oc5ccccc5c34)cc21.CC1(C)c2ccccc2-c2ccc(Nc3ccccc3-c3cccc4sc5ccccc5c34)cc21. The van der Waals surface area contributed by atoms with Crippen LogP contribution in [0.5, 0.6) is 0 Å². The number of thiophene rings is 1. The van der Waals surface area contributed by atoms with Gasteiger partial charge in [0, 0.05) is 92.1 Å². The minimum atomic E-state index is -0.108. The molecule has 5 nitrogen and oxygen atoms in total. The van der Waals surface area contributed by atoms with Gasteiger partial charge in [0.25, 0.3) is 0 Å². The number of fused-ring (bicyclic) bond motifs is 18. The molecule has 3 aliphatic rings. The Hall–Kier alpha value is -12.5. The summed E-state index contributed by atoms with van der Waals surface area (Å²) in [5, 5.41) is 18.4. The van der Waals surface area contributed by atoms with E-state index >= 15 is 0 Å². The molecule has 21 rings (SSSR count). The van der Waals surface area contributed by atoms with Crippen LogP contribution in [0.25, 0.3) is 131 Å². The maximum atomic E-state index is 6.16. The zero-order chi connectivity index (χ0) is 70.7. The molecule has 0 fully saturated rings. The van der Waals surface area contributed by atoms with Crippen molar-refractivity contribution in [1.29, 1.82) is 0 Å². The van der Waals surface area contributed by atoms with E-state index in [1.165, 1.54) is 115 Å². The topological polar surface area (TPSA) is 62.4 Å². The summed E-state index contributed by atoms with van der Waals surface area (Å²) in [5.41, 5.74) is 33.8. The molecular weight excluding hydrogens is 1300 g/mol. The Balaban J connectivity index is 0.000000108. The van der Waals surface area contributed by atoms with Crippen LogP contribution in [0.2, 0.25) is 0 Å². The molecule has 0 spiro atoms. The first kappa shape index (κ1) is 63.4. The van der Waals surface area contributed by atoms with Crippen LogP contribution in [-0.4, -0.2) is 0 Å². The van der Waals surface area contributed by atoms with Crippen LogP contribution in [-0.2, 0) is 16.2 Å². The summed E-state index contributed by atoms with van der Waals surface area (Å²) >= 11 is 1.87. The third kappa shape index (κ3) is 10.6. The highest BCUT2D eigenvalue weighted by molar-refractivity contribution is 7.26. The van der Waals surface area contributed by atoms with E-state index in [1.54, 1.807) is 0 Å². The van der Waals surface area contributed by atoms with Crippen molar-refractivity contribution in [1.82, 2.24) is 0 Å². The highest BCUT2D eigenvalue weighted by atomic mass is 32.1. The summed E-state index contributed by atoms with van der Waals surface area (Å²) in [6, 6.07) is 117. The lowest BCUT2D eigenvalue weighted by Gasteiger charge is -2.25. The molecule has 3 aromatic heterocycles. The molecule has 0 saturated heterocycles. The molecule has 0 amide bonds. The quantitative estimate of drug-likeness (QED) is 0.134. The van der Waals surface area contributed by atoms with Gasteiger partial charge < -0.3 is 24.8 Å². The van der Waals surface area contributed by atoms with E-state index in [4.69, 9.17) is 8.83 Å². The van der Waals surface area contributed by atoms with Gasteiger partial charge in [-0.15, -0.1) is 11.3 Å². The van der Waals surface area contributed by atoms with Gasteiger partial charge in [-0.3, -0.25) is 0 Å². The summed E-state index contributed by atoms with van der Waals surface area (Å²) in [4.78, 5) is 0. The Bertz CT molecular complexity index is 6240. The summed E-state index contributed by atoms with van der Waals surface area (Å²) in [6.07, 6.45) is 0. The molecule has 18 aromatic rings. The van der Waals surface area contributed by atoms with Gasteiger partial charge in [-0.2, -0.15) is 0 Å². The van der Waals surface area contributed by atoms with Gasteiger partial charge in [-0.25, -0.2) is 0 Å². The lowest BCUT2D eigenvalue weighted by atomic mass is 9.79. The van der Waals surface area contributed by atoms with E-state index in [9.17, 15) is 0 Å². The standard InChI is InChI=1S/2C33H25NO.C33H25NS/c1-33(2)27-14-6-3-10-22(27)23-19-18-21(20-28(23)33)34-29-15-7-4-11-24(29)25-13-9-17-31-32(25)26-12-5-8-16-30(26)35-31;1-33(2)27-20-22(34-28-15-9-17-30-31(28)26-12-6-7-16-29(26)35-30)18-19-24(27)25-14-8-13-23(32(25)33)21-10-4-3-5-11-21;1-33(2)27-14-6-3-10-22(27)23-19-18-21(20-28(23)33)34-29-15-7-4-11-24(29)25-13-9-17-31-32(25)26-12-5-8-16-30(26)35-31/h3*3-20,34H,1-2H3. The van der Waals surface area contributed by atoms with E-state index < -0.39 is 0 Å². The molecule has 15 aromatic carbocycles. The summed E-state index contributed by atoms with van der Waals surface area (Å²) < 4.78 is 14.9. The molecule has 0 aliphatic heterocycles. The summed E-state index contributed by atoms with van der Waals surface area (Å²) in [5.74, 6) is 0. The molecule has 0 saturated carbocycles. The maximum Gasteiger partial charge on any atom is 0.137 e. The van der Waals surface area contributed by atoms with Crippen LogP contribution in [0.3, 0.4) is 0 Å². The van der Waals surface area contributed by atoms with Gasteiger partial charge in [0.15, 0.2) is 0 Å². The number of furan rings is 2. The van der Waals surface area contributed by atoms with E-state index in [2.05, 4.69) is 349 Å². The molecular formula is C99H75N3O2S. The fourth-order valence-corrected chi connectivity index (χ4v) is 18.5. The van der Waals surface area contributed by atoms with Gasteiger partial charge in [0.1, 0.15) is 22.3 Å². The third-order valence-electron chi connectivity index (χ3n) is 22.4. The number of hydrogen-bond donors (Lipinski definition) is 3. The maximum absolute atomic E-state index is 6.16. The molecule has 0 atom stereocenters. The van der Waals surface area contributed by atoms with Gasteiger partial charge in [0.2, 0.25) is 0 Å². The Morgan fingerprint density at radius 1 is 0.238 bits per heavy atom. The Morgan fingerprint density at radius 2 is 0.610 bits per heavy atom. The zero-order valence-corrected chi connectivity index (χ0v) is 60.2. The van der Waals surface area contributed by atoms with Crippen LogP contribution in [0.15, 0.2) is 336 Å². The summed E-state index contributed by atoms with van der Waals surface area (Å²) in [6.45, 7) is 14.0. The van der Waals surface area contributed by atoms with Gasteiger partial charge in [-0.1, -0.05) is 278 Å². The Labute approximate surface area is 615 Å². The number of anilines is 6. The average molecular weight is 1370 g/mol. The molecule has 3 aliphatic carbocycles. The Kier molecular flexibility index (Phi) is 15.0. The van der Waals surface area contributed by atoms with Crippen molar-refractivity contribution < 1.29 is 8.83 Å².